The van der Waals surface area contributed by atoms with E-state index in [-0.39, 0.29) is 17.3 Å². The van der Waals surface area contributed by atoms with Gasteiger partial charge in [-0.05, 0) is 83.0 Å². The lowest BCUT2D eigenvalue weighted by Gasteiger charge is -2.34. The van der Waals surface area contributed by atoms with Gasteiger partial charge in [-0.3, -0.25) is 13.9 Å². The molecule has 0 fully saturated rings. The first-order valence-electron chi connectivity index (χ1n) is 12.8. The second-order valence-corrected chi connectivity index (χ2v) is 13.5. The summed E-state index contributed by atoms with van der Waals surface area (Å²) in [5.74, 6) is -0.924. The van der Waals surface area contributed by atoms with Crippen LogP contribution in [-0.2, 0) is 26.2 Å². The van der Waals surface area contributed by atoms with Gasteiger partial charge in [0, 0.05) is 12.1 Å². The van der Waals surface area contributed by atoms with Crippen LogP contribution in [0.1, 0.15) is 44.4 Å². The van der Waals surface area contributed by atoms with Crippen molar-refractivity contribution in [3.05, 3.63) is 93.5 Å². The third-order valence-corrected chi connectivity index (χ3v) is 8.75. The maximum Gasteiger partial charge on any atom is 0.264 e. The highest BCUT2D eigenvalue weighted by molar-refractivity contribution is 7.92. The first kappa shape index (κ1) is 31.5. The summed E-state index contributed by atoms with van der Waals surface area (Å²) in [6.07, 6.45) is 0. The van der Waals surface area contributed by atoms with Crippen molar-refractivity contribution in [2.75, 3.05) is 10.8 Å². The van der Waals surface area contributed by atoms with Crippen LogP contribution in [-0.4, -0.2) is 43.3 Å². The number of aryl methyl sites for hydroxylation is 2. The standard InChI is InChI=1S/C30H35Cl2N3O4S/c1-20-12-15-27(21(2)16-20)35(40(38,39)24-10-8-7-9-11-24)19-28(36)34(22(3)29(37)33-30(4,5)6)18-23-13-14-25(31)26(32)17-23/h7-17,22H,18-19H2,1-6H3,(H,33,37)/t22-/m1/s1. The Labute approximate surface area is 247 Å². The Kier molecular flexibility index (Phi) is 9.93. The number of nitrogens with one attached hydrogen (secondary N) is 1. The summed E-state index contributed by atoms with van der Waals surface area (Å²) in [5.41, 5.74) is 2.14. The molecular formula is C30H35Cl2N3O4S. The van der Waals surface area contributed by atoms with Crippen LogP contribution < -0.4 is 9.62 Å². The molecule has 214 valence electrons. The van der Waals surface area contributed by atoms with Crippen molar-refractivity contribution in [1.82, 2.24) is 10.2 Å². The SMILES string of the molecule is Cc1ccc(N(CC(=O)N(Cc2ccc(Cl)c(Cl)c2)[C@H](C)C(=O)NC(C)(C)C)S(=O)(=O)c2ccccc2)c(C)c1. The molecule has 0 saturated heterocycles. The lowest BCUT2D eigenvalue weighted by molar-refractivity contribution is -0.140. The monoisotopic (exact) mass is 603 g/mol. The van der Waals surface area contributed by atoms with E-state index in [1.807, 2.05) is 33.8 Å². The van der Waals surface area contributed by atoms with E-state index >= 15 is 0 Å². The fourth-order valence-electron chi connectivity index (χ4n) is 4.21. The molecule has 40 heavy (non-hydrogen) atoms. The van der Waals surface area contributed by atoms with Gasteiger partial charge in [-0.15, -0.1) is 0 Å². The van der Waals surface area contributed by atoms with Crippen LogP contribution in [0.15, 0.2) is 71.6 Å². The van der Waals surface area contributed by atoms with Crippen LogP contribution in [0.3, 0.4) is 0 Å². The first-order valence-corrected chi connectivity index (χ1v) is 15.0. The number of benzene rings is 3. The molecule has 0 aromatic heterocycles. The largest absolute Gasteiger partial charge is 0.350 e. The van der Waals surface area contributed by atoms with E-state index in [4.69, 9.17) is 23.2 Å². The van der Waals surface area contributed by atoms with Gasteiger partial charge in [0.25, 0.3) is 10.0 Å². The summed E-state index contributed by atoms with van der Waals surface area (Å²) in [7, 11) is -4.13. The topological polar surface area (TPSA) is 86.8 Å². The highest BCUT2D eigenvalue weighted by atomic mass is 35.5. The summed E-state index contributed by atoms with van der Waals surface area (Å²) in [4.78, 5) is 28.6. The van der Waals surface area contributed by atoms with Gasteiger partial charge in [-0.25, -0.2) is 8.42 Å². The highest BCUT2D eigenvalue weighted by Crippen LogP contribution is 2.29. The maximum atomic E-state index is 14.0. The Balaban J connectivity index is 2.07. The molecule has 0 unspecified atom stereocenters. The number of hydrogen-bond acceptors (Lipinski definition) is 4. The Morgan fingerprint density at radius 1 is 0.925 bits per heavy atom. The molecule has 3 aromatic rings. The Morgan fingerprint density at radius 2 is 1.57 bits per heavy atom. The molecule has 0 aliphatic carbocycles. The van der Waals surface area contributed by atoms with Gasteiger partial charge in [-0.1, -0.05) is 65.2 Å². The van der Waals surface area contributed by atoms with Gasteiger partial charge in [0.05, 0.1) is 20.6 Å². The van der Waals surface area contributed by atoms with Gasteiger partial charge in [0.1, 0.15) is 12.6 Å². The molecular weight excluding hydrogens is 569 g/mol. The second-order valence-electron chi connectivity index (χ2n) is 10.8. The van der Waals surface area contributed by atoms with Crippen molar-refractivity contribution in [2.24, 2.45) is 0 Å². The van der Waals surface area contributed by atoms with Crippen LogP contribution in [0, 0.1) is 13.8 Å². The smallest absolute Gasteiger partial charge is 0.264 e. The fourth-order valence-corrected chi connectivity index (χ4v) is 6.03. The Bertz CT molecular complexity index is 1490. The first-order chi connectivity index (χ1) is 18.6. The molecule has 1 N–H and O–H groups in total. The number of anilines is 1. The summed E-state index contributed by atoms with van der Waals surface area (Å²) < 4.78 is 28.9. The van der Waals surface area contributed by atoms with Crippen molar-refractivity contribution in [3.63, 3.8) is 0 Å². The number of sulfonamides is 1. The third kappa shape index (κ3) is 7.77. The minimum absolute atomic E-state index is 0.0144. The average molecular weight is 605 g/mol. The predicted molar refractivity (Wildman–Crippen MR) is 161 cm³/mol. The van der Waals surface area contributed by atoms with Gasteiger partial charge in [-0.2, -0.15) is 0 Å². The van der Waals surface area contributed by atoms with E-state index in [0.717, 1.165) is 9.87 Å². The summed E-state index contributed by atoms with van der Waals surface area (Å²) in [5, 5.41) is 3.57. The number of nitrogens with zero attached hydrogens (tertiary/aromatic N) is 2. The second kappa shape index (κ2) is 12.6. The van der Waals surface area contributed by atoms with Crippen molar-refractivity contribution in [2.45, 2.75) is 64.6 Å². The van der Waals surface area contributed by atoms with E-state index in [2.05, 4.69) is 5.32 Å². The molecule has 0 aliphatic heterocycles. The van der Waals surface area contributed by atoms with Crippen molar-refractivity contribution < 1.29 is 18.0 Å². The van der Waals surface area contributed by atoms with Gasteiger partial charge in [0.15, 0.2) is 0 Å². The normalized spacial score (nSPS) is 12.5. The van der Waals surface area contributed by atoms with Crippen LogP contribution in [0.2, 0.25) is 10.0 Å². The zero-order chi connectivity index (χ0) is 29.8. The molecule has 0 bridgehead atoms. The summed E-state index contributed by atoms with van der Waals surface area (Å²) in [6.45, 7) is 10.4. The maximum absolute atomic E-state index is 14.0. The molecule has 0 aliphatic rings. The quantitative estimate of drug-likeness (QED) is 0.318. The molecule has 0 radical (unpaired) electrons. The highest BCUT2D eigenvalue weighted by Gasteiger charge is 2.34. The summed E-state index contributed by atoms with van der Waals surface area (Å²) >= 11 is 12.3. The number of halogens is 2. The van der Waals surface area contributed by atoms with Crippen LogP contribution in [0.4, 0.5) is 5.69 Å². The molecule has 3 aromatic carbocycles. The number of carbonyl (C=O) groups excluding carboxylic acids is 2. The zero-order valence-corrected chi connectivity index (χ0v) is 25.9. The molecule has 0 heterocycles. The molecule has 1 atom stereocenters. The molecule has 2 amide bonds. The van der Waals surface area contributed by atoms with Crippen molar-refractivity contribution >= 4 is 50.7 Å². The van der Waals surface area contributed by atoms with E-state index in [1.54, 1.807) is 62.4 Å². The van der Waals surface area contributed by atoms with E-state index in [1.165, 1.54) is 17.0 Å². The lowest BCUT2D eigenvalue weighted by Crippen LogP contribution is -2.54. The third-order valence-electron chi connectivity index (χ3n) is 6.23. The minimum atomic E-state index is -4.13. The summed E-state index contributed by atoms with van der Waals surface area (Å²) in [6, 6.07) is 17.4. The molecule has 3 rings (SSSR count). The molecule has 0 spiro atoms. The van der Waals surface area contributed by atoms with Gasteiger partial charge >= 0.3 is 0 Å². The molecule has 0 saturated carbocycles. The molecule has 7 nitrogen and oxygen atoms in total. The van der Waals surface area contributed by atoms with Crippen molar-refractivity contribution in [3.8, 4) is 0 Å². The lowest BCUT2D eigenvalue weighted by atomic mass is 10.1. The fraction of sp³-hybridized carbons (Fsp3) is 0.333. The van der Waals surface area contributed by atoms with E-state index in [0.29, 0.717) is 26.9 Å². The van der Waals surface area contributed by atoms with Crippen molar-refractivity contribution in [1.29, 1.82) is 0 Å². The predicted octanol–water partition coefficient (Wildman–Crippen LogP) is 6.14. The van der Waals surface area contributed by atoms with Crippen LogP contribution in [0.5, 0.6) is 0 Å². The van der Waals surface area contributed by atoms with Crippen LogP contribution >= 0.6 is 23.2 Å². The zero-order valence-electron chi connectivity index (χ0n) is 23.5. The Morgan fingerprint density at radius 3 is 2.15 bits per heavy atom. The number of hydrogen-bond donors (Lipinski definition) is 1. The molecule has 10 heteroatoms. The number of carbonyl (C=O) groups is 2. The number of amides is 2. The van der Waals surface area contributed by atoms with Crippen LogP contribution in [0.25, 0.3) is 0 Å². The number of rotatable bonds is 9. The Hall–Kier alpha value is -3.07. The van der Waals surface area contributed by atoms with E-state index in [9.17, 15) is 18.0 Å². The van der Waals surface area contributed by atoms with Gasteiger partial charge < -0.3 is 10.2 Å². The minimum Gasteiger partial charge on any atom is -0.350 e. The van der Waals surface area contributed by atoms with E-state index < -0.39 is 34.1 Å². The average Bonchev–Trinajstić information content (AvgIpc) is 2.87. The van der Waals surface area contributed by atoms with Gasteiger partial charge in [0.2, 0.25) is 11.8 Å².